The minimum Gasteiger partial charge on any atom is -0.481 e. The van der Waals surface area contributed by atoms with E-state index in [0.717, 1.165) is 11.3 Å². The van der Waals surface area contributed by atoms with Gasteiger partial charge in [-0.1, -0.05) is 0 Å². The summed E-state index contributed by atoms with van der Waals surface area (Å²) in [7, 11) is 0. The summed E-state index contributed by atoms with van der Waals surface area (Å²) >= 11 is 0. The topological polar surface area (TPSA) is 185 Å². The Labute approximate surface area is 179 Å². The molecule has 2 aliphatic rings. The fourth-order valence-electron chi connectivity index (χ4n) is 3.83. The molecule has 5 atom stereocenters. The van der Waals surface area contributed by atoms with Crippen LogP contribution in [0.25, 0.3) is 0 Å². The molecule has 0 aliphatic carbocycles. The average Bonchev–Trinajstić information content (AvgIpc) is 3.39. The number of aliphatic hydroxyl groups excluding tert-OH is 1. The van der Waals surface area contributed by atoms with Gasteiger partial charge in [-0.2, -0.15) is 0 Å². The van der Waals surface area contributed by atoms with Crippen molar-refractivity contribution in [1.29, 1.82) is 0 Å². The summed E-state index contributed by atoms with van der Waals surface area (Å²) in [4.78, 5) is 61.5. The van der Waals surface area contributed by atoms with Crippen molar-refractivity contribution in [3.8, 4) is 0 Å². The van der Waals surface area contributed by atoms with Crippen LogP contribution in [0.1, 0.15) is 45.4 Å². The highest BCUT2D eigenvalue weighted by molar-refractivity contribution is 5.94. The Bertz CT molecular complexity index is 707. The number of amides is 3. The van der Waals surface area contributed by atoms with Gasteiger partial charge in [-0.15, -0.1) is 0 Å². The summed E-state index contributed by atoms with van der Waals surface area (Å²) < 4.78 is 0. The number of nitrogens with one attached hydrogen (secondary N) is 3. The van der Waals surface area contributed by atoms with Crippen LogP contribution in [0.4, 0.5) is 0 Å². The Morgan fingerprint density at radius 2 is 1.81 bits per heavy atom. The monoisotopic (exact) mass is 442 g/mol. The Morgan fingerprint density at radius 1 is 1.10 bits per heavy atom. The molecule has 0 saturated carbocycles. The van der Waals surface area contributed by atoms with E-state index in [4.69, 9.17) is 5.11 Å². The lowest BCUT2D eigenvalue weighted by atomic mass is 10.1. The Hall–Kier alpha value is -2.73. The maximum atomic E-state index is 12.9. The van der Waals surface area contributed by atoms with Gasteiger partial charge < -0.3 is 36.2 Å². The molecule has 6 N–H and O–H groups in total. The molecule has 0 spiro atoms. The number of nitrogens with zero attached hydrogens (tertiary/aromatic N) is 1. The van der Waals surface area contributed by atoms with Crippen molar-refractivity contribution < 1.29 is 39.3 Å². The van der Waals surface area contributed by atoms with Crippen molar-refractivity contribution in [2.24, 2.45) is 0 Å². The molecule has 3 amide bonds. The zero-order chi connectivity index (χ0) is 23.1. The first-order chi connectivity index (χ1) is 14.6. The number of hydrogen-bond acceptors (Lipinski definition) is 7. The quantitative estimate of drug-likeness (QED) is 0.223. The summed E-state index contributed by atoms with van der Waals surface area (Å²) in [5.41, 5.74) is 0. The molecule has 12 nitrogen and oxygen atoms in total. The van der Waals surface area contributed by atoms with E-state index in [9.17, 15) is 34.2 Å². The second-order valence-corrected chi connectivity index (χ2v) is 7.90. The van der Waals surface area contributed by atoms with E-state index in [1.807, 2.05) is 0 Å². The zero-order valence-corrected chi connectivity index (χ0v) is 17.4. The van der Waals surface area contributed by atoms with Crippen molar-refractivity contribution in [3.63, 3.8) is 0 Å². The summed E-state index contributed by atoms with van der Waals surface area (Å²) in [6.45, 7) is 2.12. The fourth-order valence-corrected chi connectivity index (χ4v) is 3.83. The van der Waals surface area contributed by atoms with Gasteiger partial charge in [-0.05, 0) is 45.6 Å². The van der Waals surface area contributed by atoms with Gasteiger partial charge in [0.1, 0.15) is 18.1 Å². The van der Waals surface area contributed by atoms with Crippen LogP contribution in [0.15, 0.2) is 0 Å². The average molecular weight is 442 g/mol. The first-order valence-corrected chi connectivity index (χ1v) is 10.4. The van der Waals surface area contributed by atoms with Gasteiger partial charge in [0.15, 0.2) is 0 Å². The van der Waals surface area contributed by atoms with E-state index in [0.29, 0.717) is 19.4 Å². The van der Waals surface area contributed by atoms with E-state index in [2.05, 4.69) is 16.0 Å². The van der Waals surface area contributed by atoms with Crippen molar-refractivity contribution >= 4 is 29.7 Å². The third kappa shape index (κ3) is 6.62. The van der Waals surface area contributed by atoms with Crippen LogP contribution in [-0.4, -0.2) is 93.2 Å². The van der Waals surface area contributed by atoms with Crippen LogP contribution < -0.4 is 16.0 Å². The number of carbonyl (C=O) groups excluding carboxylic acids is 3. The maximum Gasteiger partial charge on any atom is 0.326 e. The molecule has 12 heteroatoms. The molecule has 174 valence electrons. The highest BCUT2D eigenvalue weighted by Gasteiger charge is 2.40. The van der Waals surface area contributed by atoms with E-state index in [-0.39, 0.29) is 19.4 Å². The minimum atomic E-state index is -1.43. The molecule has 2 heterocycles. The third-order valence-electron chi connectivity index (χ3n) is 5.52. The lowest BCUT2D eigenvalue weighted by molar-refractivity contribution is -0.150. The SMILES string of the molecule is CC(O)C(NC(=O)C(CCC(=O)O)NC(=O)C1CCCN1)C(=O)N1CCCC1C(=O)O. The fraction of sp³-hybridized carbons (Fsp3) is 0.737. The molecule has 2 saturated heterocycles. The molecular weight excluding hydrogens is 412 g/mol. The molecule has 31 heavy (non-hydrogen) atoms. The summed E-state index contributed by atoms with van der Waals surface area (Å²) in [5.74, 6) is -4.34. The van der Waals surface area contributed by atoms with Crippen LogP contribution in [0.3, 0.4) is 0 Å². The third-order valence-corrected chi connectivity index (χ3v) is 5.52. The summed E-state index contributed by atoms with van der Waals surface area (Å²) in [6.07, 6.45) is 0.197. The molecule has 5 unspecified atom stereocenters. The number of carbonyl (C=O) groups is 5. The Balaban J connectivity index is 2.11. The van der Waals surface area contributed by atoms with Crippen molar-refractivity contribution in [2.75, 3.05) is 13.1 Å². The summed E-state index contributed by atoms with van der Waals surface area (Å²) in [6, 6.07) is -4.19. The Morgan fingerprint density at radius 3 is 2.35 bits per heavy atom. The number of aliphatic carboxylic acids is 2. The molecule has 0 aromatic rings. The number of aliphatic hydroxyl groups is 1. The second-order valence-electron chi connectivity index (χ2n) is 7.90. The number of carboxylic acid groups (broad SMARTS) is 2. The number of hydrogen-bond donors (Lipinski definition) is 6. The van der Waals surface area contributed by atoms with Gasteiger partial charge >= 0.3 is 11.9 Å². The molecule has 0 radical (unpaired) electrons. The molecule has 0 aromatic heterocycles. The number of carboxylic acids is 2. The first-order valence-electron chi connectivity index (χ1n) is 10.4. The lowest BCUT2D eigenvalue weighted by Gasteiger charge is -2.30. The highest BCUT2D eigenvalue weighted by Crippen LogP contribution is 2.19. The van der Waals surface area contributed by atoms with Crippen molar-refractivity contribution in [3.05, 3.63) is 0 Å². The van der Waals surface area contributed by atoms with Crippen molar-refractivity contribution in [1.82, 2.24) is 20.9 Å². The smallest absolute Gasteiger partial charge is 0.326 e. The van der Waals surface area contributed by atoms with E-state index < -0.39 is 66.4 Å². The van der Waals surface area contributed by atoms with Gasteiger partial charge in [0.25, 0.3) is 0 Å². The number of rotatable bonds is 10. The predicted molar refractivity (Wildman–Crippen MR) is 106 cm³/mol. The van der Waals surface area contributed by atoms with Crippen LogP contribution in [-0.2, 0) is 24.0 Å². The molecule has 2 rings (SSSR count). The van der Waals surface area contributed by atoms with Gasteiger partial charge in [0.05, 0.1) is 12.1 Å². The molecule has 2 aliphatic heterocycles. The van der Waals surface area contributed by atoms with Gasteiger partial charge in [-0.3, -0.25) is 19.2 Å². The highest BCUT2D eigenvalue weighted by atomic mass is 16.4. The second kappa shape index (κ2) is 11.0. The largest absolute Gasteiger partial charge is 0.481 e. The molecular formula is C19H30N4O8. The van der Waals surface area contributed by atoms with Crippen molar-refractivity contribution in [2.45, 2.75) is 75.7 Å². The standard InChI is InChI=1S/C19H30N4O8/c1-10(24)15(18(29)23-9-3-5-13(23)19(30)31)22-17(28)12(6-7-14(25)26)21-16(27)11-4-2-8-20-11/h10-13,15,20,24H,2-9H2,1H3,(H,21,27)(H,22,28)(H,25,26)(H,30,31). The van der Waals surface area contributed by atoms with Gasteiger partial charge in [-0.25, -0.2) is 4.79 Å². The van der Waals surface area contributed by atoms with Crippen LogP contribution >= 0.6 is 0 Å². The summed E-state index contributed by atoms with van der Waals surface area (Å²) in [5, 5.41) is 36.2. The lowest BCUT2D eigenvalue weighted by Crippen LogP contribution is -2.59. The number of likely N-dealkylation sites (tertiary alicyclic amines) is 1. The van der Waals surface area contributed by atoms with Gasteiger partial charge in [0.2, 0.25) is 17.7 Å². The van der Waals surface area contributed by atoms with Crippen LogP contribution in [0.5, 0.6) is 0 Å². The maximum absolute atomic E-state index is 12.9. The van der Waals surface area contributed by atoms with Gasteiger partial charge in [0, 0.05) is 13.0 Å². The first kappa shape index (κ1) is 24.5. The molecule has 0 bridgehead atoms. The molecule has 2 fully saturated rings. The Kier molecular flexibility index (Phi) is 8.75. The van der Waals surface area contributed by atoms with Crippen LogP contribution in [0.2, 0.25) is 0 Å². The van der Waals surface area contributed by atoms with E-state index in [1.54, 1.807) is 0 Å². The molecule has 0 aromatic carbocycles. The normalized spacial score (nSPS) is 23.6. The minimum absolute atomic E-state index is 0.182. The predicted octanol–water partition coefficient (Wildman–Crippen LogP) is -1.97. The zero-order valence-electron chi connectivity index (χ0n) is 17.4. The van der Waals surface area contributed by atoms with E-state index in [1.165, 1.54) is 6.92 Å². The van der Waals surface area contributed by atoms with Crippen LogP contribution in [0, 0.1) is 0 Å². The van der Waals surface area contributed by atoms with E-state index >= 15 is 0 Å².